The van der Waals surface area contributed by atoms with Gasteiger partial charge in [0.2, 0.25) is 0 Å². The summed E-state index contributed by atoms with van der Waals surface area (Å²) in [5.41, 5.74) is 1.08. The average Bonchev–Trinajstić information content (AvgIpc) is 2.59. The lowest BCUT2D eigenvalue weighted by Gasteiger charge is -2.18. The fourth-order valence-electron chi connectivity index (χ4n) is 2.15. The Kier molecular flexibility index (Phi) is 5.70. The first-order valence-electron chi connectivity index (χ1n) is 7.10. The van der Waals surface area contributed by atoms with Crippen LogP contribution in [-0.4, -0.2) is 18.4 Å². The summed E-state index contributed by atoms with van der Waals surface area (Å²) in [7, 11) is 1.13. The van der Waals surface area contributed by atoms with Crippen LogP contribution in [0.25, 0.3) is 0 Å². The Hall–Kier alpha value is -2.67. The number of benzene rings is 2. The number of aryl methyl sites for hydroxylation is 1. The SMILES string of the molecule is COC(=O)N(O)c1ccccc1COc1ccc(C)cc1C(F)F. The first-order valence-corrected chi connectivity index (χ1v) is 7.10. The van der Waals surface area contributed by atoms with Gasteiger partial charge in [-0.3, -0.25) is 5.21 Å². The van der Waals surface area contributed by atoms with Gasteiger partial charge in [0.25, 0.3) is 6.43 Å². The highest BCUT2D eigenvalue weighted by Gasteiger charge is 2.18. The molecule has 0 heterocycles. The van der Waals surface area contributed by atoms with Crippen molar-refractivity contribution in [1.82, 2.24) is 0 Å². The molecule has 2 aromatic rings. The third-order valence-electron chi connectivity index (χ3n) is 3.35. The van der Waals surface area contributed by atoms with Crippen molar-refractivity contribution < 1.29 is 28.3 Å². The zero-order valence-corrected chi connectivity index (χ0v) is 13.2. The maximum Gasteiger partial charge on any atom is 0.438 e. The molecule has 0 unspecified atom stereocenters. The van der Waals surface area contributed by atoms with Crippen molar-refractivity contribution in [2.45, 2.75) is 20.0 Å². The lowest BCUT2D eigenvalue weighted by Crippen LogP contribution is -2.27. The van der Waals surface area contributed by atoms with Gasteiger partial charge in [0.05, 0.1) is 18.4 Å². The summed E-state index contributed by atoms with van der Waals surface area (Å²) in [5.74, 6) is 0.0490. The third-order valence-corrected chi connectivity index (χ3v) is 3.35. The van der Waals surface area contributed by atoms with Crippen LogP contribution in [0.4, 0.5) is 19.3 Å². The van der Waals surface area contributed by atoms with Gasteiger partial charge < -0.3 is 9.47 Å². The van der Waals surface area contributed by atoms with Gasteiger partial charge >= 0.3 is 6.09 Å². The summed E-state index contributed by atoms with van der Waals surface area (Å²) in [6.45, 7) is 1.61. The Morgan fingerprint density at radius 3 is 2.62 bits per heavy atom. The molecule has 0 saturated heterocycles. The summed E-state index contributed by atoms with van der Waals surface area (Å²) in [4.78, 5) is 11.4. The fraction of sp³-hybridized carbons (Fsp3) is 0.235. The van der Waals surface area contributed by atoms with Gasteiger partial charge in [0.15, 0.2) is 0 Å². The summed E-state index contributed by atoms with van der Waals surface area (Å²) in [6, 6.07) is 10.9. The quantitative estimate of drug-likeness (QED) is 0.646. The van der Waals surface area contributed by atoms with Crippen LogP contribution in [-0.2, 0) is 11.3 Å². The number of hydrogen-bond acceptors (Lipinski definition) is 4. The largest absolute Gasteiger partial charge is 0.488 e. The molecule has 1 N–H and O–H groups in total. The molecule has 128 valence electrons. The zero-order valence-electron chi connectivity index (χ0n) is 13.2. The van der Waals surface area contributed by atoms with Crippen LogP contribution in [0.5, 0.6) is 5.75 Å². The molecule has 0 aliphatic carbocycles. The predicted molar refractivity (Wildman–Crippen MR) is 83.6 cm³/mol. The summed E-state index contributed by atoms with van der Waals surface area (Å²) in [6.07, 6.45) is -3.63. The van der Waals surface area contributed by atoms with E-state index in [-0.39, 0.29) is 23.6 Å². The van der Waals surface area contributed by atoms with E-state index in [1.165, 1.54) is 18.2 Å². The molecule has 0 aliphatic rings. The van der Waals surface area contributed by atoms with Gasteiger partial charge in [-0.05, 0) is 25.1 Å². The molecule has 24 heavy (non-hydrogen) atoms. The summed E-state index contributed by atoms with van der Waals surface area (Å²) >= 11 is 0. The van der Waals surface area contributed by atoms with Crippen molar-refractivity contribution in [2.24, 2.45) is 0 Å². The first-order chi connectivity index (χ1) is 11.4. The van der Waals surface area contributed by atoms with Crippen molar-refractivity contribution in [3.8, 4) is 5.75 Å². The van der Waals surface area contributed by atoms with Crippen LogP contribution in [0.15, 0.2) is 42.5 Å². The second-order valence-corrected chi connectivity index (χ2v) is 5.04. The second kappa shape index (κ2) is 7.74. The molecule has 0 atom stereocenters. The molecule has 0 saturated carbocycles. The van der Waals surface area contributed by atoms with Gasteiger partial charge in [0.1, 0.15) is 12.4 Å². The third kappa shape index (κ3) is 3.99. The van der Waals surface area contributed by atoms with Gasteiger partial charge in [-0.15, -0.1) is 0 Å². The molecule has 0 aliphatic heterocycles. The van der Waals surface area contributed by atoms with E-state index in [1.54, 1.807) is 31.2 Å². The summed E-state index contributed by atoms with van der Waals surface area (Å²) < 4.78 is 36.1. The number of para-hydroxylation sites is 1. The number of halogens is 2. The Labute approximate surface area is 138 Å². The van der Waals surface area contributed by atoms with Crippen LogP contribution >= 0.6 is 0 Å². The molecule has 0 fully saturated rings. The highest BCUT2D eigenvalue weighted by atomic mass is 19.3. The van der Waals surface area contributed by atoms with E-state index in [4.69, 9.17) is 4.74 Å². The van der Waals surface area contributed by atoms with E-state index in [0.29, 0.717) is 16.2 Å². The van der Waals surface area contributed by atoms with Crippen molar-refractivity contribution in [3.05, 3.63) is 59.2 Å². The Morgan fingerprint density at radius 2 is 1.96 bits per heavy atom. The number of carbonyl (C=O) groups excluding carboxylic acids is 1. The lowest BCUT2D eigenvalue weighted by atomic mass is 10.1. The number of ether oxygens (including phenoxy) is 2. The highest BCUT2D eigenvalue weighted by Crippen LogP contribution is 2.31. The monoisotopic (exact) mass is 337 g/mol. The minimum absolute atomic E-state index is 0.0490. The van der Waals surface area contributed by atoms with Gasteiger partial charge in [0, 0.05) is 5.56 Å². The van der Waals surface area contributed by atoms with Gasteiger partial charge in [-0.25, -0.2) is 13.6 Å². The maximum atomic E-state index is 13.1. The van der Waals surface area contributed by atoms with Crippen LogP contribution in [0, 0.1) is 6.92 Å². The number of rotatable bonds is 5. The van der Waals surface area contributed by atoms with Crippen molar-refractivity contribution in [2.75, 3.05) is 12.2 Å². The predicted octanol–water partition coefficient (Wildman–Crippen LogP) is 4.47. The Morgan fingerprint density at radius 1 is 1.25 bits per heavy atom. The zero-order chi connectivity index (χ0) is 17.7. The van der Waals surface area contributed by atoms with Crippen LogP contribution in [0.3, 0.4) is 0 Å². The Balaban J connectivity index is 2.23. The molecule has 2 rings (SSSR count). The maximum absolute atomic E-state index is 13.1. The molecule has 1 amide bonds. The molecule has 0 bridgehead atoms. The normalized spacial score (nSPS) is 10.6. The number of carbonyl (C=O) groups is 1. The number of amides is 1. The van der Waals surface area contributed by atoms with E-state index in [2.05, 4.69) is 4.74 Å². The van der Waals surface area contributed by atoms with E-state index in [0.717, 1.165) is 7.11 Å². The number of nitrogens with zero attached hydrogens (tertiary/aromatic N) is 1. The number of hydroxylamine groups is 1. The fourth-order valence-corrected chi connectivity index (χ4v) is 2.15. The van der Waals surface area contributed by atoms with Crippen LogP contribution in [0.1, 0.15) is 23.1 Å². The van der Waals surface area contributed by atoms with E-state index in [9.17, 15) is 18.8 Å². The van der Waals surface area contributed by atoms with Crippen molar-refractivity contribution >= 4 is 11.8 Å². The molecular weight excluding hydrogens is 320 g/mol. The van der Waals surface area contributed by atoms with Crippen LogP contribution in [0.2, 0.25) is 0 Å². The first kappa shape index (κ1) is 17.7. The molecular formula is C17H17F2NO4. The highest BCUT2D eigenvalue weighted by molar-refractivity contribution is 5.85. The number of methoxy groups -OCH3 is 1. The minimum atomic E-state index is -2.67. The second-order valence-electron chi connectivity index (χ2n) is 5.04. The number of alkyl halides is 2. The molecule has 2 aromatic carbocycles. The standard InChI is InChI=1S/C17H17F2NO4/c1-11-7-8-15(13(9-11)16(18)19)24-10-12-5-3-4-6-14(12)20(22)17(21)23-2/h3-9,16,22H,10H2,1-2H3. The smallest absolute Gasteiger partial charge is 0.438 e. The van der Waals surface area contributed by atoms with Gasteiger partial charge in [-0.1, -0.05) is 29.8 Å². The van der Waals surface area contributed by atoms with E-state index in [1.807, 2.05) is 0 Å². The number of hydrogen-bond donors (Lipinski definition) is 1. The molecule has 0 radical (unpaired) electrons. The van der Waals surface area contributed by atoms with Crippen molar-refractivity contribution in [1.29, 1.82) is 0 Å². The Bertz CT molecular complexity index is 721. The van der Waals surface area contributed by atoms with E-state index >= 15 is 0 Å². The van der Waals surface area contributed by atoms with Crippen molar-refractivity contribution in [3.63, 3.8) is 0 Å². The lowest BCUT2D eigenvalue weighted by molar-refractivity contribution is 0.140. The summed E-state index contributed by atoms with van der Waals surface area (Å²) in [5, 5.41) is 10.2. The molecule has 7 heteroatoms. The minimum Gasteiger partial charge on any atom is -0.488 e. The number of anilines is 1. The molecule has 0 aromatic heterocycles. The average molecular weight is 337 g/mol. The van der Waals surface area contributed by atoms with Gasteiger partial charge in [-0.2, -0.15) is 5.06 Å². The van der Waals surface area contributed by atoms with E-state index < -0.39 is 12.5 Å². The molecule has 0 spiro atoms. The molecule has 5 nitrogen and oxygen atoms in total. The topological polar surface area (TPSA) is 59.0 Å². The van der Waals surface area contributed by atoms with Crippen LogP contribution < -0.4 is 9.80 Å².